The number of hydrogen-bond acceptors (Lipinski definition) is 7. The van der Waals surface area contributed by atoms with E-state index in [1.54, 1.807) is 12.1 Å². The monoisotopic (exact) mass is 270 g/mol. The molecule has 1 aromatic heterocycles. The summed E-state index contributed by atoms with van der Waals surface area (Å²) in [5.74, 6) is -1.43. The Morgan fingerprint density at radius 1 is 1.30 bits per heavy atom. The van der Waals surface area contributed by atoms with Crippen LogP contribution in [0.3, 0.4) is 0 Å². The quantitative estimate of drug-likeness (QED) is 0.792. The molecular formula is C13H10N4O3. The Morgan fingerprint density at radius 2 is 2.05 bits per heavy atom. The van der Waals surface area contributed by atoms with Crippen LogP contribution in [-0.2, 0) is 9.47 Å². The number of furan rings is 1. The highest BCUT2D eigenvalue weighted by atomic mass is 16.8. The highest BCUT2D eigenvalue weighted by Crippen LogP contribution is 2.82. The van der Waals surface area contributed by atoms with Crippen molar-refractivity contribution < 1.29 is 13.9 Å². The van der Waals surface area contributed by atoms with E-state index in [1.807, 2.05) is 0 Å². The average Bonchev–Trinajstić information content (AvgIpc) is 2.93. The van der Waals surface area contributed by atoms with Crippen LogP contribution in [0.1, 0.15) is 11.7 Å². The first kappa shape index (κ1) is 11.5. The predicted octanol–water partition coefficient (Wildman–Crippen LogP) is 0.468. The number of nitriles is 2. The normalized spacial score (nSPS) is 39.9. The number of ether oxygens (including phenoxy) is 2. The number of nitrogens with zero attached hydrogens (tertiary/aromatic N) is 3. The zero-order valence-corrected chi connectivity index (χ0v) is 10.4. The van der Waals surface area contributed by atoms with Gasteiger partial charge in [-0.25, -0.2) is 4.99 Å². The second-order valence-corrected chi connectivity index (χ2v) is 5.06. The summed E-state index contributed by atoms with van der Waals surface area (Å²) >= 11 is 0. The first-order chi connectivity index (χ1) is 9.68. The van der Waals surface area contributed by atoms with Crippen molar-refractivity contribution in [3.63, 3.8) is 0 Å². The van der Waals surface area contributed by atoms with Gasteiger partial charge < -0.3 is 19.6 Å². The highest BCUT2D eigenvalue weighted by Gasteiger charge is 2.95. The Kier molecular flexibility index (Phi) is 1.84. The number of rotatable bonds is 1. The Bertz CT molecular complexity index is 692. The molecule has 7 nitrogen and oxygen atoms in total. The fourth-order valence-electron chi connectivity index (χ4n) is 3.60. The van der Waals surface area contributed by atoms with Crippen LogP contribution in [0.2, 0.25) is 0 Å². The molecule has 0 amide bonds. The summed E-state index contributed by atoms with van der Waals surface area (Å²) in [7, 11) is 0. The zero-order chi connectivity index (χ0) is 14.0. The summed E-state index contributed by atoms with van der Waals surface area (Å²) in [6.45, 7) is 0.624. The summed E-state index contributed by atoms with van der Waals surface area (Å²) in [5.41, 5.74) is 3.42. The van der Waals surface area contributed by atoms with Crippen molar-refractivity contribution in [2.75, 3.05) is 13.2 Å². The third kappa shape index (κ3) is 0.856. The third-order valence-corrected chi connectivity index (χ3v) is 4.43. The standard InChI is InChI=1S/C13H10N4O3/c14-6-11-9(8-2-1-3-18-8)12(11,7-15)13(17-10(11)16)19-4-5-20-13/h1-3,9H,4-5H2,(H2,16,17)/t9-,11+,12+/m1/s1. The van der Waals surface area contributed by atoms with Crippen LogP contribution in [0.4, 0.5) is 0 Å². The summed E-state index contributed by atoms with van der Waals surface area (Å²) < 4.78 is 16.5. The SMILES string of the molecule is N#C[C@]12C(N)=NC3(OCCO3)[C@@]1(C#N)[C@@H]2c1ccco1. The molecule has 0 bridgehead atoms. The minimum atomic E-state index is -1.49. The minimum absolute atomic E-state index is 0.0739. The molecule has 1 saturated carbocycles. The van der Waals surface area contributed by atoms with Crippen LogP contribution in [0.15, 0.2) is 27.8 Å². The van der Waals surface area contributed by atoms with E-state index in [9.17, 15) is 10.5 Å². The maximum atomic E-state index is 9.74. The second kappa shape index (κ2) is 3.21. The largest absolute Gasteiger partial charge is 0.469 e. The van der Waals surface area contributed by atoms with Crippen molar-refractivity contribution in [1.82, 2.24) is 0 Å². The average molecular weight is 270 g/mol. The Labute approximate surface area is 114 Å². The van der Waals surface area contributed by atoms with E-state index >= 15 is 0 Å². The predicted molar refractivity (Wildman–Crippen MR) is 63.8 cm³/mol. The van der Waals surface area contributed by atoms with Crippen LogP contribution in [0, 0.1) is 33.5 Å². The Morgan fingerprint density at radius 3 is 2.60 bits per heavy atom. The summed E-state index contributed by atoms with van der Waals surface area (Å²) in [4.78, 5) is 4.16. The van der Waals surface area contributed by atoms with E-state index in [1.165, 1.54) is 6.26 Å². The maximum absolute atomic E-state index is 9.74. The fourth-order valence-corrected chi connectivity index (χ4v) is 3.60. The van der Waals surface area contributed by atoms with E-state index in [4.69, 9.17) is 19.6 Å². The zero-order valence-electron chi connectivity index (χ0n) is 10.4. The molecule has 2 N–H and O–H groups in total. The lowest BCUT2D eigenvalue weighted by molar-refractivity contribution is -0.184. The molecule has 0 unspecified atom stereocenters. The van der Waals surface area contributed by atoms with E-state index in [0.29, 0.717) is 19.0 Å². The van der Waals surface area contributed by atoms with Gasteiger partial charge in [0.05, 0.1) is 37.5 Å². The van der Waals surface area contributed by atoms with Gasteiger partial charge >= 0.3 is 0 Å². The van der Waals surface area contributed by atoms with Gasteiger partial charge in [0.15, 0.2) is 10.8 Å². The van der Waals surface area contributed by atoms with E-state index in [-0.39, 0.29) is 5.84 Å². The Hall–Kier alpha value is -2.35. The lowest BCUT2D eigenvalue weighted by Gasteiger charge is -2.25. The molecule has 0 radical (unpaired) electrons. The lowest BCUT2D eigenvalue weighted by Crippen LogP contribution is -2.38. The van der Waals surface area contributed by atoms with Gasteiger partial charge in [-0.15, -0.1) is 0 Å². The number of nitrogens with two attached hydrogens (primary N) is 1. The fraction of sp³-hybridized carbons (Fsp3) is 0.462. The van der Waals surface area contributed by atoms with E-state index in [0.717, 1.165) is 0 Å². The lowest BCUT2D eigenvalue weighted by atomic mass is 9.94. The molecule has 4 rings (SSSR count). The summed E-state index contributed by atoms with van der Waals surface area (Å²) in [6, 6.07) is 7.75. The maximum Gasteiger partial charge on any atom is 0.293 e. The molecule has 1 aromatic rings. The van der Waals surface area contributed by atoms with Crippen molar-refractivity contribution in [1.29, 1.82) is 10.5 Å². The van der Waals surface area contributed by atoms with Crippen molar-refractivity contribution in [2.24, 2.45) is 21.6 Å². The molecule has 3 aliphatic rings. The molecule has 1 spiro atoms. The van der Waals surface area contributed by atoms with Gasteiger partial charge in [-0.2, -0.15) is 10.5 Å². The van der Waals surface area contributed by atoms with Gasteiger partial charge in [-0.3, -0.25) is 0 Å². The molecule has 20 heavy (non-hydrogen) atoms. The minimum Gasteiger partial charge on any atom is -0.469 e. The molecule has 0 aromatic carbocycles. The molecule has 3 heterocycles. The van der Waals surface area contributed by atoms with Crippen LogP contribution >= 0.6 is 0 Å². The highest BCUT2D eigenvalue weighted by molar-refractivity contribution is 6.00. The molecule has 1 saturated heterocycles. The summed E-state index contributed by atoms with van der Waals surface area (Å²) in [5, 5.41) is 19.4. The molecule has 7 heteroatoms. The van der Waals surface area contributed by atoms with Crippen LogP contribution in [0.5, 0.6) is 0 Å². The van der Waals surface area contributed by atoms with Crippen LogP contribution in [-0.4, -0.2) is 25.0 Å². The van der Waals surface area contributed by atoms with Crippen LogP contribution in [0.25, 0.3) is 0 Å². The number of hydrogen-bond donors (Lipinski definition) is 1. The number of fused-ring (bicyclic) bond motifs is 2. The van der Waals surface area contributed by atoms with Crippen molar-refractivity contribution in [2.45, 2.75) is 11.8 Å². The molecule has 3 atom stereocenters. The smallest absolute Gasteiger partial charge is 0.293 e. The second-order valence-electron chi connectivity index (χ2n) is 5.06. The van der Waals surface area contributed by atoms with E-state index in [2.05, 4.69) is 17.1 Å². The first-order valence-electron chi connectivity index (χ1n) is 6.18. The molecule has 1 aliphatic carbocycles. The van der Waals surface area contributed by atoms with Gasteiger partial charge in [-0.1, -0.05) is 0 Å². The van der Waals surface area contributed by atoms with Crippen LogP contribution < -0.4 is 5.73 Å². The third-order valence-electron chi connectivity index (χ3n) is 4.43. The van der Waals surface area contributed by atoms with Crippen molar-refractivity contribution in [3.05, 3.63) is 24.2 Å². The van der Waals surface area contributed by atoms with Gasteiger partial charge in [0.2, 0.25) is 0 Å². The molecule has 100 valence electrons. The Balaban J connectivity index is 1.96. The van der Waals surface area contributed by atoms with Gasteiger partial charge in [0.25, 0.3) is 5.91 Å². The molecular weight excluding hydrogens is 260 g/mol. The number of aliphatic imine (C=N–C) groups is 1. The van der Waals surface area contributed by atoms with Gasteiger partial charge in [-0.05, 0) is 12.1 Å². The molecule has 2 aliphatic heterocycles. The van der Waals surface area contributed by atoms with Gasteiger partial charge in [0.1, 0.15) is 11.6 Å². The van der Waals surface area contributed by atoms with Gasteiger partial charge in [0, 0.05) is 0 Å². The number of amidine groups is 1. The van der Waals surface area contributed by atoms with E-state index < -0.39 is 22.7 Å². The first-order valence-corrected chi connectivity index (χ1v) is 6.18. The van der Waals surface area contributed by atoms with Crippen molar-refractivity contribution >= 4 is 5.84 Å². The summed E-state index contributed by atoms with van der Waals surface area (Å²) in [6.07, 6.45) is 1.50. The van der Waals surface area contributed by atoms with Crippen molar-refractivity contribution in [3.8, 4) is 12.1 Å². The topological polar surface area (TPSA) is 118 Å². The molecule has 2 fully saturated rings.